The zero-order valence-corrected chi connectivity index (χ0v) is 10.8. The second-order valence-corrected chi connectivity index (χ2v) is 3.84. The van der Waals surface area contributed by atoms with Gasteiger partial charge in [0, 0.05) is 25.5 Å². The van der Waals surface area contributed by atoms with Crippen LogP contribution in [0.1, 0.15) is 13.3 Å². The van der Waals surface area contributed by atoms with E-state index in [9.17, 15) is 4.79 Å². The van der Waals surface area contributed by atoms with Crippen LogP contribution in [0.25, 0.3) is 0 Å². The highest BCUT2D eigenvalue weighted by Gasteiger charge is 2.13. The van der Waals surface area contributed by atoms with Crippen LogP contribution in [0.3, 0.4) is 0 Å². The fourth-order valence-corrected chi connectivity index (χ4v) is 1.44. The average Bonchev–Trinajstić information content (AvgIpc) is 2.36. The minimum Gasteiger partial charge on any atom is -0.494 e. The molecule has 0 aliphatic carbocycles. The first kappa shape index (κ1) is 14.5. The Morgan fingerprint density at radius 2 is 2.28 bits per heavy atom. The third-order valence-corrected chi connectivity index (χ3v) is 2.38. The van der Waals surface area contributed by atoms with E-state index in [4.69, 9.17) is 15.2 Å². The average molecular weight is 252 g/mol. The quantitative estimate of drug-likeness (QED) is 0.769. The van der Waals surface area contributed by atoms with E-state index in [-0.39, 0.29) is 5.91 Å². The molecule has 0 spiro atoms. The van der Waals surface area contributed by atoms with Gasteiger partial charge in [-0.3, -0.25) is 4.79 Å². The first-order valence-electron chi connectivity index (χ1n) is 5.95. The van der Waals surface area contributed by atoms with Gasteiger partial charge in [0.25, 0.3) is 0 Å². The maximum atomic E-state index is 11.8. The van der Waals surface area contributed by atoms with Gasteiger partial charge < -0.3 is 20.5 Å². The highest BCUT2D eigenvalue weighted by molar-refractivity contribution is 5.94. The van der Waals surface area contributed by atoms with Crippen LogP contribution >= 0.6 is 0 Å². The lowest BCUT2D eigenvalue weighted by Gasteiger charge is -2.12. The van der Waals surface area contributed by atoms with E-state index in [1.165, 1.54) is 0 Å². The zero-order chi connectivity index (χ0) is 13.4. The molecule has 3 N–H and O–H groups in total. The monoisotopic (exact) mass is 252 g/mol. The Labute approximate surface area is 107 Å². The van der Waals surface area contributed by atoms with Crippen molar-refractivity contribution in [3.8, 4) is 5.75 Å². The summed E-state index contributed by atoms with van der Waals surface area (Å²) in [6.07, 6.45) is 0.494. The van der Waals surface area contributed by atoms with E-state index >= 15 is 0 Å². The molecule has 1 atom stereocenters. The molecule has 5 heteroatoms. The maximum absolute atomic E-state index is 11.8. The SMILES string of the molecule is CCOc1cccc(NC(=O)C(N)CCOC)c1. The van der Waals surface area contributed by atoms with Crippen molar-refractivity contribution in [2.75, 3.05) is 25.6 Å². The van der Waals surface area contributed by atoms with Gasteiger partial charge in [-0.25, -0.2) is 0 Å². The Balaban J connectivity index is 2.55. The van der Waals surface area contributed by atoms with Crippen molar-refractivity contribution in [3.63, 3.8) is 0 Å². The maximum Gasteiger partial charge on any atom is 0.241 e. The molecule has 0 saturated heterocycles. The molecule has 0 aliphatic rings. The van der Waals surface area contributed by atoms with Crippen LogP contribution in [0.15, 0.2) is 24.3 Å². The summed E-state index contributed by atoms with van der Waals surface area (Å²) in [6.45, 7) is 2.96. The molecule has 1 amide bonds. The van der Waals surface area contributed by atoms with E-state index < -0.39 is 6.04 Å². The number of hydrogen-bond acceptors (Lipinski definition) is 4. The smallest absolute Gasteiger partial charge is 0.241 e. The second-order valence-electron chi connectivity index (χ2n) is 3.84. The van der Waals surface area contributed by atoms with Crippen molar-refractivity contribution >= 4 is 11.6 Å². The van der Waals surface area contributed by atoms with Gasteiger partial charge in [-0.2, -0.15) is 0 Å². The summed E-state index contributed by atoms with van der Waals surface area (Å²) in [4.78, 5) is 11.8. The Bertz CT molecular complexity index is 382. The van der Waals surface area contributed by atoms with Crippen molar-refractivity contribution in [2.24, 2.45) is 5.73 Å². The van der Waals surface area contributed by atoms with Crippen LogP contribution in [0, 0.1) is 0 Å². The van der Waals surface area contributed by atoms with Gasteiger partial charge >= 0.3 is 0 Å². The molecule has 1 unspecified atom stereocenters. The first-order chi connectivity index (χ1) is 8.67. The van der Waals surface area contributed by atoms with Crippen LogP contribution in [-0.2, 0) is 9.53 Å². The van der Waals surface area contributed by atoms with E-state index in [1.54, 1.807) is 19.2 Å². The van der Waals surface area contributed by atoms with Gasteiger partial charge in [0.1, 0.15) is 5.75 Å². The number of anilines is 1. The van der Waals surface area contributed by atoms with Crippen molar-refractivity contribution in [2.45, 2.75) is 19.4 Å². The van der Waals surface area contributed by atoms with E-state index in [0.717, 1.165) is 5.75 Å². The predicted molar refractivity (Wildman–Crippen MR) is 70.7 cm³/mol. The van der Waals surface area contributed by atoms with E-state index in [2.05, 4.69) is 5.32 Å². The molecule has 0 heterocycles. The number of carbonyl (C=O) groups is 1. The van der Waals surface area contributed by atoms with Gasteiger partial charge in [-0.15, -0.1) is 0 Å². The summed E-state index contributed by atoms with van der Waals surface area (Å²) >= 11 is 0. The van der Waals surface area contributed by atoms with Crippen molar-refractivity contribution < 1.29 is 14.3 Å². The number of ether oxygens (including phenoxy) is 2. The van der Waals surface area contributed by atoms with Gasteiger partial charge in [0.2, 0.25) is 5.91 Å². The van der Waals surface area contributed by atoms with Crippen LogP contribution in [0.5, 0.6) is 5.75 Å². The van der Waals surface area contributed by atoms with Crippen molar-refractivity contribution in [3.05, 3.63) is 24.3 Å². The lowest BCUT2D eigenvalue weighted by molar-refractivity contribution is -0.117. The van der Waals surface area contributed by atoms with Crippen molar-refractivity contribution in [1.29, 1.82) is 0 Å². The fraction of sp³-hybridized carbons (Fsp3) is 0.462. The number of methoxy groups -OCH3 is 1. The Hall–Kier alpha value is -1.59. The third-order valence-electron chi connectivity index (χ3n) is 2.38. The topological polar surface area (TPSA) is 73.6 Å². The first-order valence-corrected chi connectivity index (χ1v) is 5.95. The largest absolute Gasteiger partial charge is 0.494 e. The summed E-state index contributed by atoms with van der Waals surface area (Å²) in [5.74, 6) is 0.501. The summed E-state index contributed by atoms with van der Waals surface area (Å²) in [7, 11) is 1.58. The van der Waals surface area contributed by atoms with Gasteiger partial charge in [-0.1, -0.05) is 6.07 Å². The molecule has 0 fully saturated rings. The summed E-state index contributed by atoms with van der Waals surface area (Å²) in [6, 6.07) is 6.65. The molecule has 0 saturated carbocycles. The molecule has 1 aromatic rings. The molecule has 1 aromatic carbocycles. The lowest BCUT2D eigenvalue weighted by atomic mass is 10.2. The lowest BCUT2D eigenvalue weighted by Crippen LogP contribution is -2.36. The standard InChI is InChI=1S/C13H20N2O3/c1-3-18-11-6-4-5-10(9-11)15-13(16)12(14)7-8-17-2/h4-6,9,12H,3,7-8,14H2,1-2H3,(H,15,16). The van der Waals surface area contributed by atoms with Crippen LogP contribution in [-0.4, -0.2) is 32.3 Å². The minimum absolute atomic E-state index is 0.222. The summed E-state index contributed by atoms with van der Waals surface area (Å²) in [5, 5.41) is 2.75. The number of nitrogens with one attached hydrogen (secondary N) is 1. The van der Waals surface area contributed by atoms with Gasteiger partial charge in [-0.05, 0) is 25.5 Å². The molecule has 0 aliphatic heterocycles. The molecule has 0 aromatic heterocycles. The minimum atomic E-state index is -0.569. The highest BCUT2D eigenvalue weighted by atomic mass is 16.5. The molecule has 0 radical (unpaired) electrons. The molecule has 1 rings (SSSR count). The molecular formula is C13H20N2O3. The number of nitrogens with two attached hydrogens (primary N) is 1. The fourth-order valence-electron chi connectivity index (χ4n) is 1.44. The van der Waals surface area contributed by atoms with Crippen LogP contribution in [0.2, 0.25) is 0 Å². The van der Waals surface area contributed by atoms with Crippen LogP contribution in [0.4, 0.5) is 5.69 Å². The molecule has 18 heavy (non-hydrogen) atoms. The van der Waals surface area contributed by atoms with Crippen LogP contribution < -0.4 is 15.8 Å². The number of rotatable bonds is 7. The number of benzene rings is 1. The number of hydrogen-bond donors (Lipinski definition) is 2. The zero-order valence-electron chi connectivity index (χ0n) is 10.8. The van der Waals surface area contributed by atoms with Gasteiger partial charge in [0.05, 0.1) is 12.6 Å². The summed E-state index contributed by atoms with van der Waals surface area (Å²) < 4.78 is 10.2. The Morgan fingerprint density at radius 1 is 1.50 bits per heavy atom. The molecular weight excluding hydrogens is 232 g/mol. The van der Waals surface area contributed by atoms with Crippen molar-refractivity contribution in [1.82, 2.24) is 0 Å². The second kappa shape index (κ2) is 7.68. The number of carbonyl (C=O) groups excluding carboxylic acids is 1. The predicted octanol–water partition coefficient (Wildman–Crippen LogP) is 1.39. The molecule has 0 bridgehead atoms. The van der Waals surface area contributed by atoms with E-state index in [1.807, 2.05) is 19.1 Å². The third kappa shape index (κ3) is 4.73. The summed E-state index contributed by atoms with van der Waals surface area (Å²) in [5.41, 5.74) is 6.40. The van der Waals surface area contributed by atoms with E-state index in [0.29, 0.717) is 25.3 Å². The van der Waals surface area contributed by atoms with Gasteiger partial charge in [0.15, 0.2) is 0 Å². The normalized spacial score (nSPS) is 11.9. The molecule has 5 nitrogen and oxygen atoms in total. The Kier molecular flexibility index (Phi) is 6.18. The molecule has 100 valence electrons. The number of amides is 1. The highest BCUT2D eigenvalue weighted by Crippen LogP contribution is 2.17. The Morgan fingerprint density at radius 3 is 2.94 bits per heavy atom.